The van der Waals surface area contributed by atoms with Gasteiger partial charge in [0.05, 0.1) is 0 Å². The Morgan fingerprint density at radius 3 is 2.70 bits per heavy atom. The number of benzene rings is 1. The highest BCUT2D eigenvalue weighted by atomic mass is 16.5. The number of carbonyl (C=O) groups is 1. The van der Waals surface area contributed by atoms with E-state index in [0.29, 0.717) is 17.2 Å². The van der Waals surface area contributed by atoms with E-state index in [1.165, 1.54) is 32.1 Å². The van der Waals surface area contributed by atoms with E-state index in [1.807, 2.05) is 30.3 Å². The number of esters is 1. The number of hydrogen-bond donors (Lipinski definition) is 0. The van der Waals surface area contributed by atoms with Crippen molar-refractivity contribution in [2.75, 3.05) is 0 Å². The zero-order valence-electron chi connectivity index (χ0n) is 11.9. The van der Waals surface area contributed by atoms with Gasteiger partial charge in [-0.25, -0.2) is 4.79 Å². The van der Waals surface area contributed by atoms with Crippen LogP contribution in [-0.2, 0) is 4.79 Å². The molecule has 1 aromatic rings. The molecule has 0 heterocycles. The summed E-state index contributed by atoms with van der Waals surface area (Å²) in [7, 11) is 0. The lowest BCUT2D eigenvalue weighted by molar-refractivity contribution is -0.131. The Bertz CT molecular complexity index is 505. The molecule has 1 aromatic carbocycles. The van der Waals surface area contributed by atoms with Crippen molar-refractivity contribution in [1.82, 2.24) is 0 Å². The van der Waals surface area contributed by atoms with Crippen molar-refractivity contribution in [3.63, 3.8) is 0 Å². The molecule has 2 aliphatic rings. The van der Waals surface area contributed by atoms with Gasteiger partial charge in [-0.05, 0) is 37.3 Å². The SMILES string of the molecule is C=C(C(=O)Oc1ccccc1)C12CCCCCCC1C2. The summed E-state index contributed by atoms with van der Waals surface area (Å²) >= 11 is 0. The number of para-hydroxylation sites is 1. The van der Waals surface area contributed by atoms with Crippen molar-refractivity contribution in [2.45, 2.75) is 44.9 Å². The van der Waals surface area contributed by atoms with Crippen LogP contribution in [0.25, 0.3) is 0 Å². The molecule has 0 aliphatic heterocycles. The lowest BCUT2D eigenvalue weighted by Crippen LogP contribution is -2.21. The highest BCUT2D eigenvalue weighted by molar-refractivity contribution is 5.91. The van der Waals surface area contributed by atoms with Crippen molar-refractivity contribution in [1.29, 1.82) is 0 Å². The molecule has 0 saturated heterocycles. The molecule has 0 N–H and O–H groups in total. The summed E-state index contributed by atoms with van der Waals surface area (Å²) in [6, 6.07) is 9.28. The molecule has 2 nitrogen and oxygen atoms in total. The second-order valence-electron chi connectivity index (χ2n) is 6.19. The molecule has 0 spiro atoms. The molecule has 3 rings (SSSR count). The van der Waals surface area contributed by atoms with E-state index in [2.05, 4.69) is 6.58 Å². The first-order valence-corrected chi connectivity index (χ1v) is 7.69. The molecule has 0 bridgehead atoms. The lowest BCUT2D eigenvalue weighted by atomic mass is 9.85. The molecule has 2 saturated carbocycles. The van der Waals surface area contributed by atoms with Gasteiger partial charge < -0.3 is 4.74 Å². The summed E-state index contributed by atoms with van der Waals surface area (Å²) in [4.78, 5) is 12.3. The second-order valence-corrected chi connectivity index (χ2v) is 6.19. The molecular formula is C18H22O2. The fourth-order valence-corrected chi connectivity index (χ4v) is 3.63. The minimum absolute atomic E-state index is 0.0618. The van der Waals surface area contributed by atoms with Crippen LogP contribution in [0.15, 0.2) is 42.5 Å². The summed E-state index contributed by atoms with van der Waals surface area (Å²) in [5, 5.41) is 0. The number of carbonyl (C=O) groups excluding carboxylic acids is 1. The number of ether oxygens (including phenoxy) is 1. The first kappa shape index (κ1) is 13.4. The fraction of sp³-hybridized carbons (Fsp3) is 0.500. The van der Waals surface area contributed by atoms with E-state index >= 15 is 0 Å². The van der Waals surface area contributed by atoms with Gasteiger partial charge in [-0.3, -0.25) is 0 Å². The lowest BCUT2D eigenvalue weighted by Gasteiger charge is -2.21. The third-order valence-corrected chi connectivity index (χ3v) is 4.96. The van der Waals surface area contributed by atoms with Crippen LogP contribution in [0.2, 0.25) is 0 Å². The van der Waals surface area contributed by atoms with Crippen molar-refractivity contribution >= 4 is 5.97 Å². The predicted molar refractivity (Wildman–Crippen MR) is 79.5 cm³/mol. The average molecular weight is 270 g/mol. The second kappa shape index (κ2) is 5.43. The Hall–Kier alpha value is -1.57. The Balaban J connectivity index is 1.67. The number of rotatable bonds is 3. The largest absolute Gasteiger partial charge is 0.423 e. The highest BCUT2D eigenvalue weighted by Crippen LogP contribution is 2.63. The first-order valence-electron chi connectivity index (χ1n) is 7.69. The van der Waals surface area contributed by atoms with Gasteiger partial charge in [0.15, 0.2) is 0 Å². The third-order valence-electron chi connectivity index (χ3n) is 4.96. The minimum Gasteiger partial charge on any atom is -0.423 e. The zero-order valence-corrected chi connectivity index (χ0v) is 11.9. The summed E-state index contributed by atoms with van der Waals surface area (Å²) in [6.45, 7) is 4.09. The molecule has 2 atom stereocenters. The predicted octanol–water partition coefficient (Wildman–Crippen LogP) is 4.51. The first-order chi connectivity index (χ1) is 9.72. The van der Waals surface area contributed by atoms with Gasteiger partial charge in [0.2, 0.25) is 0 Å². The molecule has 20 heavy (non-hydrogen) atoms. The molecule has 2 aliphatic carbocycles. The van der Waals surface area contributed by atoms with Gasteiger partial charge in [0.25, 0.3) is 0 Å². The van der Waals surface area contributed by atoms with Crippen LogP contribution in [0.5, 0.6) is 5.75 Å². The number of hydrogen-bond acceptors (Lipinski definition) is 2. The normalized spacial score (nSPS) is 28.7. The minimum atomic E-state index is -0.237. The topological polar surface area (TPSA) is 26.3 Å². The summed E-state index contributed by atoms with van der Waals surface area (Å²) in [5.74, 6) is 1.04. The monoisotopic (exact) mass is 270 g/mol. The van der Waals surface area contributed by atoms with E-state index in [9.17, 15) is 4.79 Å². The van der Waals surface area contributed by atoms with Crippen LogP contribution in [0.4, 0.5) is 0 Å². The van der Waals surface area contributed by atoms with Crippen molar-refractivity contribution in [3.05, 3.63) is 42.5 Å². The standard InChI is InChI=1S/C18H22O2/c1-14(17(19)20-16-10-6-4-7-11-16)18-12-8-3-2-5-9-15(18)13-18/h4,6-7,10-11,15H,1-3,5,8-9,12-13H2. The van der Waals surface area contributed by atoms with Crippen LogP contribution >= 0.6 is 0 Å². The molecule has 0 aromatic heterocycles. The Morgan fingerprint density at radius 2 is 1.90 bits per heavy atom. The van der Waals surface area contributed by atoms with Crippen LogP contribution in [-0.4, -0.2) is 5.97 Å². The maximum absolute atomic E-state index is 12.3. The molecule has 2 fully saturated rings. The van der Waals surface area contributed by atoms with Crippen molar-refractivity contribution in [2.24, 2.45) is 11.3 Å². The van der Waals surface area contributed by atoms with E-state index < -0.39 is 0 Å². The maximum atomic E-state index is 12.3. The summed E-state index contributed by atoms with van der Waals surface area (Å²) in [6.07, 6.45) is 8.64. The average Bonchev–Trinajstić information content (AvgIpc) is 3.12. The summed E-state index contributed by atoms with van der Waals surface area (Å²) in [5.41, 5.74) is 0.764. The van der Waals surface area contributed by atoms with E-state index in [0.717, 1.165) is 12.8 Å². The summed E-state index contributed by atoms with van der Waals surface area (Å²) < 4.78 is 5.45. The number of fused-ring (bicyclic) bond motifs is 1. The fourth-order valence-electron chi connectivity index (χ4n) is 3.63. The quantitative estimate of drug-likeness (QED) is 0.459. The van der Waals surface area contributed by atoms with Gasteiger partial charge in [0.1, 0.15) is 5.75 Å². The van der Waals surface area contributed by atoms with E-state index in [4.69, 9.17) is 4.74 Å². The molecule has 2 unspecified atom stereocenters. The Labute approximate surface area is 120 Å². The maximum Gasteiger partial charge on any atom is 0.339 e. The molecule has 0 radical (unpaired) electrons. The van der Waals surface area contributed by atoms with Crippen LogP contribution in [0.1, 0.15) is 44.9 Å². The van der Waals surface area contributed by atoms with Crippen LogP contribution in [0.3, 0.4) is 0 Å². The molecular weight excluding hydrogens is 248 g/mol. The highest BCUT2D eigenvalue weighted by Gasteiger charge is 2.56. The van der Waals surface area contributed by atoms with Crippen LogP contribution in [0, 0.1) is 11.3 Å². The van der Waals surface area contributed by atoms with Crippen molar-refractivity contribution < 1.29 is 9.53 Å². The molecule has 106 valence electrons. The van der Waals surface area contributed by atoms with E-state index in [-0.39, 0.29) is 11.4 Å². The smallest absolute Gasteiger partial charge is 0.339 e. The van der Waals surface area contributed by atoms with Gasteiger partial charge >= 0.3 is 5.97 Å². The Morgan fingerprint density at radius 1 is 1.15 bits per heavy atom. The molecule has 2 heteroatoms. The van der Waals surface area contributed by atoms with Gasteiger partial charge in [-0.15, -0.1) is 0 Å². The zero-order chi connectivity index (χ0) is 14.0. The third kappa shape index (κ3) is 2.52. The van der Waals surface area contributed by atoms with E-state index in [1.54, 1.807) is 0 Å². The Kier molecular flexibility index (Phi) is 3.64. The molecule has 0 amide bonds. The van der Waals surface area contributed by atoms with Gasteiger partial charge in [-0.1, -0.05) is 50.5 Å². The van der Waals surface area contributed by atoms with Crippen LogP contribution < -0.4 is 4.74 Å². The van der Waals surface area contributed by atoms with Gasteiger partial charge in [-0.2, -0.15) is 0 Å². The van der Waals surface area contributed by atoms with Crippen molar-refractivity contribution in [3.8, 4) is 5.75 Å². The van der Waals surface area contributed by atoms with Gasteiger partial charge in [0, 0.05) is 11.0 Å².